The first-order chi connectivity index (χ1) is 4.38. The molecule has 0 saturated carbocycles. The van der Waals surface area contributed by atoms with E-state index in [0.717, 1.165) is 25.7 Å². The highest BCUT2D eigenvalue weighted by atomic mass is 16.1. The Balaban J connectivity index is 2.41. The maximum Gasteiger partial charge on any atom is 0.205 e. The fraction of sp³-hybridized carbons (Fsp3) is 0.833. The minimum Gasteiger partial charge on any atom is -0.339 e. The van der Waals surface area contributed by atoms with Gasteiger partial charge in [0.2, 0.25) is 7.41 Å². The van der Waals surface area contributed by atoms with E-state index in [-0.39, 0.29) is 6.04 Å². The smallest absolute Gasteiger partial charge is 0.205 e. The lowest BCUT2D eigenvalue weighted by molar-refractivity contribution is -0.110. The molecule has 1 aliphatic rings. The van der Waals surface area contributed by atoms with Crippen molar-refractivity contribution in [3.05, 3.63) is 0 Å². The van der Waals surface area contributed by atoms with Crippen LogP contribution < -0.4 is 0 Å². The maximum absolute atomic E-state index is 10.3. The quantitative estimate of drug-likeness (QED) is 0.390. The van der Waals surface area contributed by atoms with Crippen LogP contribution in [0, 0.1) is 0 Å². The van der Waals surface area contributed by atoms with Crippen LogP contribution in [0.2, 0.25) is 6.82 Å². The lowest BCUT2D eigenvalue weighted by Crippen LogP contribution is -2.32. The Kier molecular flexibility index (Phi) is 2.28. The molecule has 9 heavy (non-hydrogen) atoms. The van der Waals surface area contributed by atoms with Gasteiger partial charge in [0, 0.05) is 0 Å². The minimum absolute atomic E-state index is 0.176. The summed E-state index contributed by atoms with van der Waals surface area (Å²) >= 11 is 0. The Labute approximate surface area is 56.5 Å². The van der Waals surface area contributed by atoms with Gasteiger partial charge in [-0.2, -0.15) is 0 Å². The van der Waals surface area contributed by atoms with Gasteiger partial charge in [-0.1, -0.05) is 6.82 Å². The first-order valence-electron chi connectivity index (χ1n) is 3.39. The molecule has 0 aliphatic carbocycles. The van der Waals surface area contributed by atoms with Gasteiger partial charge in [-0.15, -0.1) is 0 Å². The van der Waals surface area contributed by atoms with Crippen LogP contribution in [0.5, 0.6) is 0 Å². The molecule has 0 N–H and O–H groups in total. The molecule has 0 unspecified atom stereocenters. The van der Waals surface area contributed by atoms with Gasteiger partial charge >= 0.3 is 0 Å². The van der Waals surface area contributed by atoms with Crippen molar-refractivity contribution in [1.29, 1.82) is 0 Å². The highest BCUT2D eigenvalue weighted by Crippen LogP contribution is 2.12. The zero-order valence-corrected chi connectivity index (χ0v) is 5.71. The second kappa shape index (κ2) is 3.02. The molecule has 0 aromatic carbocycles. The molecule has 0 aromatic rings. The van der Waals surface area contributed by atoms with Crippen molar-refractivity contribution in [3.8, 4) is 0 Å². The second-order valence-corrected chi connectivity index (χ2v) is 2.34. The molecule has 0 spiro atoms. The van der Waals surface area contributed by atoms with E-state index in [4.69, 9.17) is 0 Å². The van der Waals surface area contributed by atoms with Gasteiger partial charge in [-0.25, -0.2) is 0 Å². The largest absolute Gasteiger partial charge is 0.339 e. The zero-order valence-electron chi connectivity index (χ0n) is 5.71. The first kappa shape index (κ1) is 6.81. The Morgan fingerprint density at radius 2 is 2.56 bits per heavy atom. The Morgan fingerprint density at radius 3 is 3.00 bits per heavy atom. The van der Waals surface area contributed by atoms with Crippen LogP contribution in [0.25, 0.3) is 0 Å². The van der Waals surface area contributed by atoms with Crippen LogP contribution in [0.15, 0.2) is 0 Å². The lowest BCUT2D eigenvalue weighted by atomic mass is 9.95. The molecule has 49 valence electrons. The molecule has 1 rings (SSSR count). The zero-order chi connectivity index (χ0) is 6.69. The minimum atomic E-state index is 0.176. The van der Waals surface area contributed by atoms with Crippen molar-refractivity contribution in [2.45, 2.75) is 25.7 Å². The molecule has 0 aromatic heterocycles. The van der Waals surface area contributed by atoms with E-state index in [1.807, 2.05) is 14.2 Å². The normalized spacial score (nSPS) is 28.3. The number of carbonyl (C=O) groups is 1. The van der Waals surface area contributed by atoms with Crippen molar-refractivity contribution in [2.75, 3.05) is 6.54 Å². The van der Waals surface area contributed by atoms with Crippen LogP contribution >= 0.6 is 0 Å². The third-order valence-electron chi connectivity index (χ3n) is 1.83. The summed E-state index contributed by atoms with van der Waals surface area (Å²) in [7, 11) is 1.99. The van der Waals surface area contributed by atoms with E-state index in [2.05, 4.69) is 4.81 Å². The number of hydrogen-bond acceptors (Lipinski definition) is 2. The van der Waals surface area contributed by atoms with E-state index in [1.54, 1.807) is 0 Å². The summed E-state index contributed by atoms with van der Waals surface area (Å²) in [5.74, 6) is 0. The molecule has 1 atom stereocenters. The predicted molar refractivity (Wildman–Crippen MR) is 37.4 cm³/mol. The number of rotatable bonds is 2. The summed E-state index contributed by atoms with van der Waals surface area (Å²) in [5.41, 5.74) is 0. The average molecular weight is 124 g/mol. The van der Waals surface area contributed by atoms with Crippen LogP contribution in [-0.4, -0.2) is 31.1 Å². The molecular weight excluding hydrogens is 113 g/mol. The highest BCUT2D eigenvalue weighted by Gasteiger charge is 2.21. The maximum atomic E-state index is 10.3. The van der Waals surface area contributed by atoms with E-state index in [9.17, 15) is 4.79 Å². The van der Waals surface area contributed by atoms with E-state index < -0.39 is 0 Å². The van der Waals surface area contributed by atoms with Gasteiger partial charge in [0.25, 0.3) is 0 Å². The van der Waals surface area contributed by atoms with E-state index in [1.165, 1.54) is 0 Å². The van der Waals surface area contributed by atoms with Gasteiger partial charge in [0.1, 0.15) is 6.29 Å². The summed E-state index contributed by atoms with van der Waals surface area (Å²) < 4.78 is 0. The van der Waals surface area contributed by atoms with Crippen molar-refractivity contribution in [2.24, 2.45) is 0 Å². The third-order valence-corrected chi connectivity index (χ3v) is 1.83. The van der Waals surface area contributed by atoms with Gasteiger partial charge < -0.3 is 9.61 Å². The van der Waals surface area contributed by atoms with Crippen LogP contribution in [0.3, 0.4) is 0 Å². The molecule has 3 heteroatoms. The standard InChI is InChI=1S/C6H11BNO/c1-7-8-4-2-3-6(8)5-9/h5-6H,2-4H2,1H3/t6-/m0/s1. The number of hydrogen-bond donors (Lipinski definition) is 0. The van der Waals surface area contributed by atoms with Gasteiger partial charge in [-0.3, -0.25) is 0 Å². The fourth-order valence-electron chi connectivity index (χ4n) is 1.28. The van der Waals surface area contributed by atoms with Crippen LogP contribution in [0.4, 0.5) is 0 Å². The number of nitrogens with zero attached hydrogens (tertiary/aromatic N) is 1. The molecule has 0 bridgehead atoms. The highest BCUT2D eigenvalue weighted by molar-refractivity contribution is 6.30. The molecule has 2 nitrogen and oxygen atoms in total. The summed E-state index contributed by atoms with van der Waals surface area (Å²) in [6.07, 6.45) is 3.23. The predicted octanol–water partition coefficient (Wildman–Crippen LogP) is 0.317. The van der Waals surface area contributed by atoms with E-state index in [0.29, 0.717) is 0 Å². The van der Waals surface area contributed by atoms with Crippen LogP contribution in [0.1, 0.15) is 12.8 Å². The van der Waals surface area contributed by atoms with Crippen LogP contribution in [-0.2, 0) is 4.79 Å². The van der Waals surface area contributed by atoms with Gasteiger partial charge in [0.15, 0.2) is 0 Å². The Hall–Kier alpha value is -0.305. The van der Waals surface area contributed by atoms with Crippen molar-refractivity contribution in [3.63, 3.8) is 0 Å². The topological polar surface area (TPSA) is 20.3 Å². The molecule has 1 radical (unpaired) electrons. The lowest BCUT2D eigenvalue weighted by Gasteiger charge is -2.15. The van der Waals surface area contributed by atoms with Crippen molar-refractivity contribution >= 4 is 13.7 Å². The van der Waals surface area contributed by atoms with Crippen molar-refractivity contribution in [1.82, 2.24) is 4.81 Å². The second-order valence-electron chi connectivity index (χ2n) is 2.34. The van der Waals surface area contributed by atoms with Gasteiger partial charge in [-0.05, 0) is 19.4 Å². The molecule has 1 aliphatic heterocycles. The fourth-order valence-corrected chi connectivity index (χ4v) is 1.28. The Morgan fingerprint density at radius 1 is 1.78 bits per heavy atom. The van der Waals surface area contributed by atoms with Gasteiger partial charge in [0.05, 0.1) is 6.04 Å². The SMILES string of the molecule is C[B]N1CCC[C@H]1C=O. The number of carbonyl (C=O) groups excluding carboxylic acids is 1. The summed E-state index contributed by atoms with van der Waals surface area (Å²) in [5, 5.41) is 0. The molecular formula is C6H11BNO. The average Bonchev–Trinajstić information content (AvgIpc) is 2.33. The number of aldehydes is 1. The van der Waals surface area contributed by atoms with Crippen molar-refractivity contribution < 1.29 is 4.79 Å². The molecule has 1 heterocycles. The third kappa shape index (κ3) is 1.33. The molecule has 1 fully saturated rings. The van der Waals surface area contributed by atoms with E-state index >= 15 is 0 Å². The summed E-state index contributed by atoms with van der Waals surface area (Å²) in [6.45, 7) is 3.03. The monoisotopic (exact) mass is 124 g/mol. The summed E-state index contributed by atoms with van der Waals surface area (Å²) in [6, 6.07) is 0.176. The molecule has 0 amide bonds. The Bertz CT molecular complexity index is 107. The summed E-state index contributed by atoms with van der Waals surface area (Å²) in [4.78, 5) is 12.4. The first-order valence-corrected chi connectivity index (χ1v) is 3.39. The molecule has 1 saturated heterocycles.